The predicted octanol–water partition coefficient (Wildman–Crippen LogP) is 2.44. The Labute approximate surface area is 76.6 Å². The van der Waals surface area contributed by atoms with Crippen molar-refractivity contribution >= 4 is 17.1 Å². The van der Waals surface area contributed by atoms with Gasteiger partial charge in [0.05, 0.1) is 5.51 Å². The van der Waals surface area contributed by atoms with E-state index >= 15 is 0 Å². The molecule has 0 fully saturated rings. The number of hydrogen-bond acceptors (Lipinski definition) is 3. The molecular formula is C9H13NOS. The quantitative estimate of drug-likeness (QED) is 0.701. The molecular weight excluding hydrogens is 170 g/mol. The number of aryl methyl sites for hydroxylation is 1. The van der Waals surface area contributed by atoms with Crippen LogP contribution in [0.3, 0.4) is 0 Å². The molecule has 0 amide bonds. The van der Waals surface area contributed by atoms with Gasteiger partial charge in [-0.15, -0.1) is 11.3 Å². The van der Waals surface area contributed by atoms with E-state index in [-0.39, 0.29) is 0 Å². The topological polar surface area (TPSA) is 30.0 Å². The van der Waals surface area contributed by atoms with Crippen LogP contribution in [0.15, 0.2) is 11.7 Å². The summed E-state index contributed by atoms with van der Waals surface area (Å²) >= 11 is 1.62. The minimum Gasteiger partial charge on any atom is -0.300 e. The molecule has 66 valence electrons. The van der Waals surface area contributed by atoms with Gasteiger partial charge in [0.2, 0.25) is 0 Å². The highest BCUT2D eigenvalue weighted by molar-refractivity contribution is 7.09. The fraction of sp³-hybridized carbons (Fsp3) is 0.556. The summed E-state index contributed by atoms with van der Waals surface area (Å²) in [5.74, 6) is 0.367. The Morgan fingerprint density at radius 2 is 2.42 bits per heavy atom. The highest BCUT2D eigenvalue weighted by Gasteiger charge is 2.01. The van der Waals surface area contributed by atoms with E-state index in [2.05, 4.69) is 4.98 Å². The van der Waals surface area contributed by atoms with Crippen molar-refractivity contribution in [1.29, 1.82) is 0 Å². The Kier molecular flexibility index (Phi) is 3.94. The molecule has 1 aromatic rings. The Bertz CT molecular complexity index is 231. The lowest BCUT2D eigenvalue weighted by Gasteiger charge is -1.95. The normalized spacial score (nSPS) is 10.1. The largest absolute Gasteiger partial charge is 0.300 e. The van der Waals surface area contributed by atoms with Gasteiger partial charge in [0.25, 0.3) is 0 Å². The van der Waals surface area contributed by atoms with Gasteiger partial charge in [0, 0.05) is 23.9 Å². The highest BCUT2D eigenvalue weighted by atomic mass is 32.1. The first-order valence-corrected chi connectivity index (χ1v) is 5.10. The van der Waals surface area contributed by atoms with Crippen LogP contribution in [0.5, 0.6) is 0 Å². The fourth-order valence-corrected chi connectivity index (χ4v) is 1.63. The summed E-state index contributed by atoms with van der Waals surface area (Å²) in [6, 6.07) is 0. The number of hydrogen-bond donors (Lipinski definition) is 0. The number of nitrogens with zero attached hydrogens (tertiary/aromatic N) is 1. The average Bonchev–Trinajstić information content (AvgIpc) is 2.53. The van der Waals surface area contributed by atoms with E-state index in [4.69, 9.17) is 0 Å². The molecule has 2 nitrogen and oxygen atoms in total. The second-order valence-corrected chi connectivity index (χ2v) is 3.73. The zero-order valence-electron chi connectivity index (χ0n) is 7.25. The standard InChI is InChI=1S/C9H13NOS/c1-2-3-8(11)4-5-9-6-10-7-12-9/h6-7H,2-5H2,1H3. The molecule has 3 heteroatoms. The molecule has 0 aromatic carbocycles. The van der Waals surface area contributed by atoms with Crippen molar-refractivity contribution < 1.29 is 4.79 Å². The van der Waals surface area contributed by atoms with Gasteiger partial charge in [-0.25, -0.2) is 0 Å². The van der Waals surface area contributed by atoms with Gasteiger partial charge in [-0.3, -0.25) is 9.78 Å². The lowest BCUT2D eigenvalue weighted by molar-refractivity contribution is -0.119. The van der Waals surface area contributed by atoms with Crippen LogP contribution < -0.4 is 0 Å². The lowest BCUT2D eigenvalue weighted by atomic mass is 10.1. The van der Waals surface area contributed by atoms with Crippen LogP contribution in [0.2, 0.25) is 0 Å². The van der Waals surface area contributed by atoms with Gasteiger partial charge >= 0.3 is 0 Å². The average molecular weight is 183 g/mol. The van der Waals surface area contributed by atoms with Crippen LogP contribution in [0.1, 0.15) is 31.1 Å². The molecule has 1 heterocycles. The number of thiazole rings is 1. The molecule has 1 rings (SSSR count). The molecule has 0 atom stereocenters. The number of aromatic nitrogens is 1. The Balaban J connectivity index is 2.22. The second-order valence-electron chi connectivity index (χ2n) is 2.76. The number of ketones is 1. The van der Waals surface area contributed by atoms with E-state index in [1.165, 1.54) is 4.88 Å². The first-order chi connectivity index (χ1) is 5.83. The number of rotatable bonds is 5. The van der Waals surface area contributed by atoms with Gasteiger partial charge in [0.15, 0.2) is 0 Å². The number of carbonyl (C=O) groups excluding carboxylic acids is 1. The molecule has 0 aliphatic rings. The molecule has 12 heavy (non-hydrogen) atoms. The van der Waals surface area contributed by atoms with Crippen LogP contribution >= 0.6 is 11.3 Å². The molecule has 0 spiro atoms. The summed E-state index contributed by atoms with van der Waals surface area (Å²) in [4.78, 5) is 16.3. The summed E-state index contributed by atoms with van der Waals surface area (Å²) in [7, 11) is 0. The van der Waals surface area contributed by atoms with Gasteiger partial charge in [0.1, 0.15) is 5.78 Å². The predicted molar refractivity (Wildman–Crippen MR) is 50.4 cm³/mol. The lowest BCUT2D eigenvalue weighted by Crippen LogP contribution is -1.97. The minimum atomic E-state index is 0.367. The summed E-state index contributed by atoms with van der Waals surface area (Å²) in [5, 5.41) is 0. The maximum Gasteiger partial charge on any atom is 0.133 e. The van der Waals surface area contributed by atoms with E-state index in [9.17, 15) is 4.79 Å². The van der Waals surface area contributed by atoms with Crippen LogP contribution in [0.25, 0.3) is 0 Å². The zero-order chi connectivity index (χ0) is 8.81. The van der Waals surface area contributed by atoms with Crippen LogP contribution in [0.4, 0.5) is 0 Å². The van der Waals surface area contributed by atoms with Crippen molar-refractivity contribution in [3.63, 3.8) is 0 Å². The van der Waals surface area contributed by atoms with Gasteiger partial charge in [-0.2, -0.15) is 0 Å². The third kappa shape index (κ3) is 3.13. The summed E-state index contributed by atoms with van der Waals surface area (Å²) < 4.78 is 0. The Morgan fingerprint density at radius 3 is 3.00 bits per heavy atom. The van der Waals surface area contributed by atoms with E-state index in [1.54, 1.807) is 16.8 Å². The molecule has 0 unspecified atom stereocenters. The highest BCUT2D eigenvalue weighted by Crippen LogP contribution is 2.09. The van der Waals surface area contributed by atoms with Crippen molar-refractivity contribution in [2.24, 2.45) is 0 Å². The smallest absolute Gasteiger partial charge is 0.133 e. The van der Waals surface area contributed by atoms with Crippen molar-refractivity contribution in [3.8, 4) is 0 Å². The molecule has 0 N–H and O–H groups in total. The van der Waals surface area contributed by atoms with E-state index in [0.29, 0.717) is 12.2 Å². The fourth-order valence-electron chi connectivity index (χ4n) is 1.03. The van der Waals surface area contributed by atoms with E-state index in [1.807, 2.05) is 13.1 Å². The third-order valence-electron chi connectivity index (χ3n) is 1.66. The van der Waals surface area contributed by atoms with Crippen molar-refractivity contribution in [3.05, 3.63) is 16.6 Å². The molecule has 1 aromatic heterocycles. The Hall–Kier alpha value is -0.700. The molecule has 0 saturated carbocycles. The zero-order valence-corrected chi connectivity index (χ0v) is 8.06. The van der Waals surface area contributed by atoms with Crippen molar-refractivity contribution in [2.45, 2.75) is 32.6 Å². The van der Waals surface area contributed by atoms with E-state index in [0.717, 1.165) is 19.3 Å². The molecule has 0 radical (unpaired) electrons. The van der Waals surface area contributed by atoms with Crippen LogP contribution in [-0.4, -0.2) is 10.8 Å². The summed E-state index contributed by atoms with van der Waals surface area (Å²) in [6.07, 6.45) is 5.06. The maximum atomic E-state index is 11.1. The maximum absolute atomic E-state index is 11.1. The summed E-state index contributed by atoms with van der Waals surface area (Å²) in [5.41, 5.74) is 1.81. The first-order valence-electron chi connectivity index (χ1n) is 4.22. The van der Waals surface area contributed by atoms with Crippen molar-refractivity contribution in [2.75, 3.05) is 0 Å². The molecule has 0 bridgehead atoms. The number of Topliss-reactive ketones (excluding diaryl/α,β-unsaturated/α-hetero) is 1. The molecule has 0 aliphatic carbocycles. The number of carbonyl (C=O) groups is 1. The first kappa shape index (κ1) is 9.39. The van der Waals surface area contributed by atoms with Crippen molar-refractivity contribution in [1.82, 2.24) is 4.98 Å². The molecule has 0 saturated heterocycles. The summed E-state index contributed by atoms with van der Waals surface area (Å²) in [6.45, 7) is 2.03. The van der Waals surface area contributed by atoms with E-state index < -0.39 is 0 Å². The third-order valence-corrected chi connectivity index (χ3v) is 2.50. The Morgan fingerprint density at radius 1 is 1.58 bits per heavy atom. The van der Waals surface area contributed by atoms with Gasteiger partial charge in [-0.1, -0.05) is 6.92 Å². The van der Waals surface area contributed by atoms with Crippen LogP contribution in [0, 0.1) is 0 Å². The molecule has 0 aliphatic heterocycles. The minimum absolute atomic E-state index is 0.367. The van der Waals surface area contributed by atoms with Crippen LogP contribution in [-0.2, 0) is 11.2 Å². The van der Waals surface area contributed by atoms with Gasteiger partial charge < -0.3 is 0 Å². The monoisotopic (exact) mass is 183 g/mol. The second kappa shape index (κ2) is 5.04. The van der Waals surface area contributed by atoms with Gasteiger partial charge in [-0.05, 0) is 12.8 Å². The SMILES string of the molecule is CCCC(=O)CCc1cncs1.